The number of nitrogens with one attached hydrogen (secondary N) is 1. The number of benzene rings is 3. The van der Waals surface area contributed by atoms with Crippen LogP contribution in [-0.4, -0.2) is 17.8 Å². The summed E-state index contributed by atoms with van der Waals surface area (Å²) < 4.78 is 5.39. The predicted octanol–water partition coefficient (Wildman–Crippen LogP) is 6.21. The molecule has 2 amide bonds. The van der Waals surface area contributed by atoms with Crippen LogP contribution < -0.4 is 15.0 Å². The van der Waals surface area contributed by atoms with Crippen LogP contribution in [0.1, 0.15) is 22.8 Å². The lowest BCUT2D eigenvalue weighted by Crippen LogP contribution is -2.32. The highest BCUT2D eigenvalue weighted by Gasteiger charge is 2.40. The van der Waals surface area contributed by atoms with Crippen molar-refractivity contribution in [2.24, 2.45) is 0 Å². The number of hydrogen-bond donors (Lipinski definition) is 1. The zero-order valence-electron chi connectivity index (χ0n) is 17.8. The molecule has 0 unspecified atom stereocenters. The van der Waals surface area contributed by atoms with Gasteiger partial charge in [0, 0.05) is 5.69 Å². The number of amides is 2. The van der Waals surface area contributed by atoms with E-state index in [0.717, 1.165) is 16.9 Å². The summed E-state index contributed by atoms with van der Waals surface area (Å²) in [4.78, 5) is 38.9. The molecule has 0 atom stereocenters. The summed E-state index contributed by atoms with van der Waals surface area (Å²) in [5.74, 6) is -1.50. The van der Waals surface area contributed by atoms with E-state index in [1.807, 2.05) is 19.1 Å². The van der Waals surface area contributed by atoms with Crippen LogP contribution in [0, 0.1) is 0 Å². The maximum absolute atomic E-state index is 12.9. The summed E-state index contributed by atoms with van der Waals surface area (Å²) in [7, 11) is 0. The number of ether oxygens (including phenoxy) is 1. The Morgan fingerprint density at radius 3 is 2.24 bits per heavy atom. The SMILES string of the molecule is CCc1ccc(OC(=O)c2ccc(NC3=C(Cl)C(=O)N(c4cccc(Cl)c4Cl)C3=O)cc2)cc1. The van der Waals surface area contributed by atoms with E-state index in [4.69, 9.17) is 39.5 Å². The van der Waals surface area contributed by atoms with Gasteiger partial charge in [0.05, 0.1) is 21.3 Å². The maximum Gasteiger partial charge on any atom is 0.343 e. The van der Waals surface area contributed by atoms with Crippen molar-refractivity contribution in [1.29, 1.82) is 0 Å². The molecule has 0 aliphatic carbocycles. The number of carbonyl (C=O) groups is 3. The molecule has 1 heterocycles. The van der Waals surface area contributed by atoms with Gasteiger partial charge >= 0.3 is 5.97 Å². The van der Waals surface area contributed by atoms with Crippen LogP contribution in [0.5, 0.6) is 5.75 Å². The van der Waals surface area contributed by atoms with Crippen LogP contribution in [0.3, 0.4) is 0 Å². The van der Waals surface area contributed by atoms with E-state index in [1.165, 1.54) is 18.2 Å². The Bertz CT molecular complexity index is 1320. The highest BCUT2D eigenvalue weighted by atomic mass is 35.5. The molecule has 1 aliphatic heterocycles. The monoisotopic (exact) mass is 514 g/mol. The van der Waals surface area contributed by atoms with Crippen molar-refractivity contribution in [3.8, 4) is 5.75 Å². The van der Waals surface area contributed by atoms with Gasteiger partial charge in [-0.05, 0) is 60.5 Å². The fourth-order valence-corrected chi connectivity index (χ4v) is 3.88. The van der Waals surface area contributed by atoms with Gasteiger partial charge in [0.25, 0.3) is 11.8 Å². The van der Waals surface area contributed by atoms with Crippen LogP contribution in [-0.2, 0) is 16.0 Å². The standard InChI is InChI=1S/C25H17Cl3N2O4/c1-2-14-6-12-17(13-7-14)34-25(33)15-8-10-16(11-9-15)29-22-21(28)23(31)30(24(22)32)19-5-3-4-18(26)20(19)27/h3-13,29H,2H2,1H3. The number of carbonyl (C=O) groups excluding carboxylic acids is 3. The molecule has 34 heavy (non-hydrogen) atoms. The van der Waals surface area contributed by atoms with Gasteiger partial charge in [-0.1, -0.05) is 59.9 Å². The normalized spacial score (nSPS) is 13.5. The fraction of sp³-hybridized carbons (Fsp3) is 0.0800. The van der Waals surface area contributed by atoms with Gasteiger partial charge in [0.2, 0.25) is 0 Å². The highest BCUT2D eigenvalue weighted by molar-refractivity contribution is 6.54. The van der Waals surface area contributed by atoms with E-state index >= 15 is 0 Å². The van der Waals surface area contributed by atoms with E-state index in [1.54, 1.807) is 36.4 Å². The number of esters is 1. The molecule has 0 fully saturated rings. The number of hydrogen-bond acceptors (Lipinski definition) is 5. The molecule has 3 aromatic carbocycles. The lowest BCUT2D eigenvalue weighted by Gasteiger charge is -2.17. The molecule has 0 radical (unpaired) electrons. The van der Waals surface area contributed by atoms with Crippen molar-refractivity contribution in [2.45, 2.75) is 13.3 Å². The third-order valence-corrected chi connectivity index (χ3v) is 6.29. The zero-order chi connectivity index (χ0) is 24.4. The summed E-state index contributed by atoms with van der Waals surface area (Å²) in [6.45, 7) is 2.04. The molecular formula is C25H17Cl3N2O4. The lowest BCUT2D eigenvalue weighted by molar-refractivity contribution is -0.120. The van der Waals surface area contributed by atoms with E-state index < -0.39 is 17.8 Å². The largest absolute Gasteiger partial charge is 0.423 e. The van der Waals surface area contributed by atoms with Gasteiger partial charge in [-0.3, -0.25) is 9.59 Å². The Balaban J connectivity index is 1.48. The predicted molar refractivity (Wildman–Crippen MR) is 133 cm³/mol. The summed E-state index contributed by atoms with van der Waals surface area (Å²) in [5.41, 5.74) is 1.90. The van der Waals surface area contributed by atoms with Crippen molar-refractivity contribution in [3.63, 3.8) is 0 Å². The molecule has 0 aromatic heterocycles. The number of aryl methyl sites for hydroxylation is 1. The number of anilines is 2. The van der Waals surface area contributed by atoms with E-state index in [0.29, 0.717) is 17.0 Å². The number of halogens is 3. The quantitative estimate of drug-likeness (QED) is 0.240. The van der Waals surface area contributed by atoms with Crippen LogP contribution in [0.4, 0.5) is 11.4 Å². The Labute approximate surface area is 210 Å². The molecular weight excluding hydrogens is 499 g/mol. The van der Waals surface area contributed by atoms with Crippen molar-refractivity contribution in [2.75, 3.05) is 10.2 Å². The average molecular weight is 516 g/mol. The molecule has 6 nitrogen and oxygen atoms in total. The minimum Gasteiger partial charge on any atom is -0.423 e. The molecule has 172 valence electrons. The Morgan fingerprint density at radius 1 is 0.912 bits per heavy atom. The molecule has 1 aliphatic rings. The first-order valence-electron chi connectivity index (χ1n) is 10.2. The summed E-state index contributed by atoms with van der Waals surface area (Å²) >= 11 is 18.3. The highest BCUT2D eigenvalue weighted by Crippen LogP contribution is 2.37. The fourth-order valence-electron chi connectivity index (χ4n) is 3.29. The minimum atomic E-state index is -0.729. The van der Waals surface area contributed by atoms with Gasteiger partial charge < -0.3 is 10.1 Å². The molecule has 4 rings (SSSR count). The topological polar surface area (TPSA) is 75.7 Å². The van der Waals surface area contributed by atoms with Gasteiger partial charge in [0.1, 0.15) is 16.5 Å². The second-order valence-electron chi connectivity index (χ2n) is 7.30. The van der Waals surface area contributed by atoms with Crippen LogP contribution in [0.2, 0.25) is 10.0 Å². The smallest absolute Gasteiger partial charge is 0.343 e. The van der Waals surface area contributed by atoms with Gasteiger partial charge in [-0.25, -0.2) is 9.69 Å². The van der Waals surface area contributed by atoms with E-state index in [-0.39, 0.29) is 26.5 Å². The number of nitrogens with zero attached hydrogens (tertiary/aromatic N) is 1. The second-order valence-corrected chi connectivity index (χ2v) is 8.46. The molecule has 9 heteroatoms. The number of imide groups is 1. The number of rotatable bonds is 6. The lowest BCUT2D eigenvalue weighted by atomic mass is 10.1. The van der Waals surface area contributed by atoms with E-state index in [9.17, 15) is 14.4 Å². The first-order chi connectivity index (χ1) is 16.3. The Morgan fingerprint density at radius 2 is 1.59 bits per heavy atom. The summed E-state index contributed by atoms with van der Waals surface area (Å²) in [6.07, 6.45) is 0.890. The summed E-state index contributed by atoms with van der Waals surface area (Å²) in [6, 6.07) is 18.1. The first kappa shape index (κ1) is 23.8. The third-order valence-electron chi connectivity index (χ3n) is 5.13. The van der Waals surface area contributed by atoms with Crippen LogP contribution >= 0.6 is 34.8 Å². The second kappa shape index (κ2) is 9.89. The van der Waals surface area contributed by atoms with Gasteiger partial charge in [-0.2, -0.15) is 0 Å². The van der Waals surface area contributed by atoms with Crippen molar-refractivity contribution in [1.82, 2.24) is 0 Å². The van der Waals surface area contributed by atoms with Gasteiger partial charge in [-0.15, -0.1) is 0 Å². The van der Waals surface area contributed by atoms with Crippen molar-refractivity contribution in [3.05, 3.63) is 98.6 Å². The zero-order valence-corrected chi connectivity index (χ0v) is 20.0. The molecule has 0 saturated heterocycles. The van der Waals surface area contributed by atoms with Crippen molar-refractivity contribution < 1.29 is 19.1 Å². The molecule has 0 bridgehead atoms. The van der Waals surface area contributed by atoms with Crippen molar-refractivity contribution >= 4 is 64.0 Å². The van der Waals surface area contributed by atoms with Crippen LogP contribution in [0.25, 0.3) is 0 Å². The van der Waals surface area contributed by atoms with Gasteiger partial charge in [0.15, 0.2) is 0 Å². The Hall–Kier alpha value is -3.32. The maximum atomic E-state index is 12.9. The first-order valence-corrected chi connectivity index (χ1v) is 11.3. The minimum absolute atomic E-state index is 0.0591. The average Bonchev–Trinajstić information content (AvgIpc) is 3.05. The Kier molecular flexibility index (Phi) is 6.93. The molecule has 0 saturated carbocycles. The van der Waals surface area contributed by atoms with Crippen LogP contribution in [0.15, 0.2) is 77.5 Å². The molecule has 3 aromatic rings. The summed E-state index contributed by atoms with van der Waals surface area (Å²) in [5, 5.41) is 2.80. The molecule has 1 N–H and O–H groups in total. The molecule has 0 spiro atoms. The van der Waals surface area contributed by atoms with E-state index in [2.05, 4.69) is 5.32 Å². The third kappa shape index (κ3) is 4.66.